The van der Waals surface area contributed by atoms with Crippen molar-refractivity contribution in [2.45, 2.75) is 19.1 Å². The second-order valence-electron chi connectivity index (χ2n) is 8.14. The van der Waals surface area contributed by atoms with Crippen LogP contribution >= 0.6 is 0 Å². The van der Waals surface area contributed by atoms with Gasteiger partial charge in [0.05, 0.1) is 30.1 Å². The lowest BCUT2D eigenvalue weighted by Gasteiger charge is -2.17. The molecule has 0 aliphatic carbocycles. The molecule has 5 rings (SSSR count). The second kappa shape index (κ2) is 10.8. The van der Waals surface area contributed by atoms with Crippen LogP contribution in [0.4, 0.5) is 17.2 Å². The number of ether oxygens (including phenoxy) is 3. The van der Waals surface area contributed by atoms with Gasteiger partial charge in [-0.15, -0.1) is 0 Å². The topological polar surface area (TPSA) is 107 Å². The second-order valence-corrected chi connectivity index (χ2v) is 8.14. The molecule has 1 fully saturated rings. The number of carbonyl (C=O) groups excluding carboxylic acids is 1. The molecule has 0 bridgehead atoms. The average Bonchev–Trinajstić information content (AvgIpc) is 3.42. The molecule has 1 aliphatic heterocycles. The molecule has 0 saturated carbocycles. The van der Waals surface area contributed by atoms with Crippen LogP contribution in [0.15, 0.2) is 79.8 Å². The van der Waals surface area contributed by atoms with Gasteiger partial charge in [-0.1, -0.05) is 12.6 Å². The maximum Gasteiger partial charge on any atom is 0.247 e. The quantitative estimate of drug-likeness (QED) is 0.332. The van der Waals surface area contributed by atoms with Crippen LogP contribution in [0.2, 0.25) is 0 Å². The number of anilines is 3. The minimum atomic E-state index is -0.338. The Labute approximate surface area is 208 Å². The predicted octanol–water partition coefficient (Wildman–Crippen LogP) is 4.64. The number of fused-ring (bicyclic) bond motifs is 1. The number of amides is 1. The van der Waals surface area contributed by atoms with Crippen molar-refractivity contribution in [3.8, 4) is 11.5 Å². The smallest absolute Gasteiger partial charge is 0.247 e. The predicted molar refractivity (Wildman–Crippen MR) is 137 cm³/mol. The molecule has 2 N–H and O–H groups in total. The first-order valence-electron chi connectivity index (χ1n) is 11.5. The lowest BCUT2D eigenvalue weighted by Crippen LogP contribution is -2.18. The first-order chi connectivity index (χ1) is 17.7. The molecule has 1 saturated heterocycles. The number of carbonyl (C=O) groups is 1. The zero-order valence-electron chi connectivity index (χ0n) is 19.5. The van der Waals surface area contributed by atoms with Crippen molar-refractivity contribution in [1.82, 2.24) is 15.0 Å². The summed E-state index contributed by atoms with van der Waals surface area (Å²) in [7, 11) is 0. The summed E-state index contributed by atoms with van der Waals surface area (Å²) < 4.78 is 17.3. The van der Waals surface area contributed by atoms with Gasteiger partial charge in [0.15, 0.2) is 0 Å². The highest BCUT2D eigenvalue weighted by molar-refractivity contribution is 6.03. The minimum absolute atomic E-state index is 0.0836. The highest BCUT2D eigenvalue weighted by Crippen LogP contribution is 2.34. The van der Waals surface area contributed by atoms with Crippen molar-refractivity contribution in [1.29, 1.82) is 0 Å². The Bertz CT molecular complexity index is 1360. The molecule has 182 valence electrons. The van der Waals surface area contributed by atoms with E-state index >= 15 is 0 Å². The molecule has 3 heterocycles. The van der Waals surface area contributed by atoms with Crippen molar-refractivity contribution in [3.05, 3.63) is 85.5 Å². The van der Waals surface area contributed by atoms with E-state index in [1.807, 2.05) is 42.5 Å². The highest BCUT2D eigenvalue weighted by atomic mass is 16.5. The Hall–Kier alpha value is -4.50. The third-order valence-electron chi connectivity index (χ3n) is 5.59. The fraction of sp³-hybridized carbons (Fsp3) is 0.185. The van der Waals surface area contributed by atoms with E-state index in [0.717, 1.165) is 28.9 Å². The van der Waals surface area contributed by atoms with E-state index < -0.39 is 0 Å². The molecule has 9 heteroatoms. The van der Waals surface area contributed by atoms with Gasteiger partial charge < -0.3 is 24.8 Å². The molecule has 1 amide bonds. The lowest BCUT2D eigenvalue weighted by atomic mass is 10.1. The van der Waals surface area contributed by atoms with Crippen LogP contribution in [0, 0.1) is 0 Å². The molecule has 0 radical (unpaired) electrons. The molecular formula is C27H25N5O4. The molecule has 36 heavy (non-hydrogen) atoms. The minimum Gasteiger partial charge on any atom is -0.487 e. The fourth-order valence-electron chi connectivity index (χ4n) is 3.76. The van der Waals surface area contributed by atoms with E-state index in [4.69, 9.17) is 14.2 Å². The summed E-state index contributed by atoms with van der Waals surface area (Å²) in [5.41, 5.74) is 2.86. The summed E-state index contributed by atoms with van der Waals surface area (Å²) in [4.78, 5) is 25.2. The molecule has 0 spiro atoms. The van der Waals surface area contributed by atoms with Crippen LogP contribution in [0.5, 0.6) is 11.5 Å². The SMILES string of the molecule is C=CC(=O)Nc1cc2c(Nc3ccc(OCc4ccccn4)cc3)ncnc2cc1O[C@@H]1CCOC1. The monoisotopic (exact) mass is 483 g/mol. The number of pyridine rings is 1. The number of nitrogens with one attached hydrogen (secondary N) is 2. The Kier molecular flexibility index (Phi) is 7.00. The largest absolute Gasteiger partial charge is 0.487 e. The van der Waals surface area contributed by atoms with E-state index in [1.54, 1.807) is 18.3 Å². The molecule has 2 aromatic carbocycles. The Morgan fingerprint density at radius 1 is 1.14 bits per heavy atom. The number of hydrogen-bond donors (Lipinski definition) is 2. The molecule has 2 aromatic heterocycles. The highest BCUT2D eigenvalue weighted by Gasteiger charge is 2.20. The molecule has 1 aliphatic rings. The van der Waals surface area contributed by atoms with Crippen molar-refractivity contribution in [2.24, 2.45) is 0 Å². The fourth-order valence-corrected chi connectivity index (χ4v) is 3.76. The van der Waals surface area contributed by atoms with E-state index in [2.05, 4.69) is 32.2 Å². The van der Waals surface area contributed by atoms with Gasteiger partial charge in [0.25, 0.3) is 0 Å². The van der Waals surface area contributed by atoms with Gasteiger partial charge in [0.1, 0.15) is 36.4 Å². The molecule has 9 nitrogen and oxygen atoms in total. The normalized spacial score (nSPS) is 14.8. The standard InChI is InChI=1S/C27H25N5O4/c1-2-26(33)32-24-13-22-23(14-25(24)36-21-10-12-34-16-21)29-17-30-27(22)31-18-6-8-20(9-7-18)35-15-19-5-3-4-11-28-19/h2-9,11,13-14,17,21H,1,10,12,15-16H2,(H,32,33)(H,29,30,31)/t21-/m1/s1. The van der Waals surface area contributed by atoms with Crippen molar-refractivity contribution in [2.75, 3.05) is 23.8 Å². The number of aromatic nitrogens is 3. The zero-order valence-corrected chi connectivity index (χ0v) is 19.5. The average molecular weight is 484 g/mol. The summed E-state index contributed by atoms with van der Waals surface area (Å²) in [6.07, 6.45) is 5.14. The van der Waals surface area contributed by atoms with Crippen LogP contribution in [0.25, 0.3) is 10.9 Å². The maximum atomic E-state index is 12.1. The van der Waals surface area contributed by atoms with Crippen LogP contribution < -0.4 is 20.1 Å². The van der Waals surface area contributed by atoms with E-state index in [0.29, 0.717) is 42.6 Å². The molecule has 0 unspecified atom stereocenters. The van der Waals surface area contributed by atoms with Gasteiger partial charge >= 0.3 is 0 Å². The van der Waals surface area contributed by atoms with E-state index in [-0.39, 0.29) is 12.0 Å². The number of hydrogen-bond acceptors (Lipinski definition) is 8. The first kappa shape index (κ1) is 23.3. The van der Waals surface area contributed by atoms with Crippen LogP contribution in [0.3, 0.4) is 0 Å². The Morgan fingerprint density at radius 3 is 2.78 bits per heavy atom. The summed E-state index contributed by atoms with van der Waals surface area (Å²) in [6.45, 7) is 5.08. The van der Waals surface area contributed by atoms with Gasteiger partial charge in [0.2, 0.25) is 5.91 Å². The Balaban J connectivity index is 1.37. The van der Waals surface area contributed by atoms with Crippen LogP contribution in [-0.2, 0) is 16.1 Å². The van der Waals surface area contributed by atoms with Gasteiger partial charge in [-0.3, -0.25) is 9.78 Å². The third kappa shape index (κ3) is 5.59. The number of nitrogens with zero attached hydrogens (tertiary/aromatic N) is 3. The van der Waals surface area contributed by atoms with Crippen LogP contribution in [-0.4, -0.2) is 40.2 Å². The lowest BCUT2D eigenvalue weighted by molar-refractivity contribution is -0.111. The van der Waals surface area contributed by atoms with Crippen LogP contribution in [0.1, 0.15) is 12.1 Å². The van der Waals surface area contributed by atoms with Gasteiger partial charge in [0, 0.05) is 29.8 Å². The van der Waals surface area contributed by atoms with Gasteiger partial charge in [-0.2, -0.15) is 0 Å². The molecule has 1 atom stereocenters. The van der Waals surface area contributed by atoms with E-state index in [1.165, 1.54) is 12.4 Å². The number of benzene rings is 2. The third-order valence-corrected chi connectivity index (χ3v) is 5.59. The zero-order chi connectivity index (χ0) is 24.7. The number of rotatable bonds is 9. The van der Waals surface area contributed by atoms with Crippen molar-refractivity contribution in [3.63, 3.8) is 0 Å². The first-order valence-corrected chi connectivity index (χ1v) is 11.5. The summed E-state index contributed by atoms with van der Waals surface area (Å²) >= 11 is 0. The van der Waals surface area contributed by atoms with Crippen molar-refractivity contribution >= 4 is 34.0 Å². The van der Waals surface area contributed by atoms with Gasteiger partial charge in [-0.05, 0) is 48.5 Å². The van der Waals surface area contributed by atoms with Crippen molar-refractivity contribution < 1.29 is 19.0 Å². The van der Waals surface area contributed by atoms with E-state index in [9.17, 15) is 4.79 Å². The maximum absolute atomic E-state index is 12.1. The van der Waals surface area contributed by atoms with Gasteiger partial charge in [-0.25, -0.2) is 9.97 Å². The Morgan fingerprint density at radius 2 is 2.03 bits per heavy atom. The molecule has 4 aromatic rings. The molecular weight excluding hydrogens is 458 g/mol. The summed E-state index contributed by atoms with van der Waals surface area (Å²) in [6, 6.07) is 16.9. The summed E-state index contributed by atoms with van der Waals surface area (Å²) in [5.74, 6) is 1.50. The summed E-state index contributed by atoms with van der Waals surface area (Å²) in [5, 5.41) is 6.87.